The lowest BCUT2D eigenvalue weighted by molar-refractivity contribution is -0.384. The van der Waals surface area contributed by atoms with Gasteiger partial charge in [0.1, 0.15) is 0 Å². The van der Waals surface area contributed by atoms with Gasteiger partial charge in [-0.3, -0.25) is 25.0 Å². The largest absolute Gasteiger partial charge is 0.416 e. The molecule has 0 bridgehead atoms. The van der Waals surface area contributed by atoms with Crippen LogP contribution in [-0.2, 0) is 11.0 Å². The summed E-state index contributed by atoms with van der Waals surface area (Å²) in [6.07, 6.45) is -4.46. The van der Waals surface area contributed by atoms with E-state index in [1.165, 1.54) is 24.3 Å². The highest BCUT2D eigenvalue weighted by Crippen LogP contribution is 2.30. The standard InChI is InChI=1S/C18H12F3N5O4S2/c19-18(20,21)11-3-5-12(6-4-11)22-14(27)9-31-17-25-24-16(32-17)23-15(28)10-1-7-13(8-2-10)26(29)30/h1-8H,9H2,(H,22,27)(H,23,24,28). The van der Waals surface area contributed by atoms with Gasteiger partial charge in [-0.15, -0.1) is 10.2 Å². The Kier molecular flexibility index (Phi) is 7.05. The van der Waals surface area contributed by atoms with Crippen LogP contribution in [-0.4, -0.2) is 32.7 Å². The van der Waals surface area contributed by atoms with Crippen LogP contribution < -0.4 is 10.6 Å². The van der Waals surface area contributed by atoms with Gasteiger partial charge in [0.25, 0.3) is 11.6 Å². The molecule has 1 aromatic heterocycles. The SMILES string of the molecule is O=C(CSc1nnc(NC(=O)c2ccc([N+](=O)[O-])cc2)s1)Nc1ccc(C(F)(F)F)cc1. The topological polar surface area (TPSA) is 127 Å². The lowest BCUT2D eigenvalue weighted by Crippen LogP contribution is -2.14. The van der Waals surface area contributed by atoms with Gasteiger partial charge < -0.3 is 5.32 Å². The number of benzene rings is 2. The Morgan fingerprint density at radius 3 is 2.28 bits per heavy atom. The summed E-state index contributed by atoms with van der Waals surface area (Å²) < 4.78 is 38.1. The molecular formula is C18H12F3N5O4S2. The number of nitrogens with one attached hydrogen (secondary N) is 2. The van der Waals surface area contributed by atoms with Gasteiger partial charge in [-0.2, -0.15) is 13.2 Å². The summed E-state index contributed by atoms with van der Waals surface area (Å²) in [7, 11) is 0. The Labute approximate surface area is 186 Å². The predicted octanol–water partition coefficient (Wildman–Crippen LogP) is 4.45. The molecule has 2 N–H and O–H groups in total. The van der Waals surface area contributed by atoms with Crippen molar-refractivity contribution in [3.8, 4) is 0 Å². The van der Waals surface area contributed by atoms with E-state index in [-0.39, 0.29) is 27.8 Å². The number of amides is 2. The fourth-order valence-electron chi connectivity index (χ4n) is 2.29. The van der Waals surface area contributed by atoms with Crippen LogP contribution in [0.5, 0.6) is 0 Å². The maximum atomic E-state index is 12.6. The molecule has 0 aliphatic heterocycles. The van der Waals surface area contributed by atoms with Crippen molar-refractivity contribution in [2.75, 3.05) is 16.4 Å². The van der Waals surface area contributed by atoms with Crippen LogP contribution in [0.2, 0.25) is 0 Å². The number of hydrogen-bond acceptors (Lipinski definition) is 8. The first-order valence-electron chi connectivity index (χ1n) is 8.61. The molecule has 0 atom stereocenters. The van der Waals surface area contributed by atoms with Crippen molar-refractivity contribution in [3.05, 3.63) is 69.8 Å². The first kappa shape index (κ1) is 23.1. The number of thioether (sulfide) groups is 1. The van der Waals surface area contributed by atoms with E-state index >= 15 is 0 Å². The molecule has 32 heavy (non-hydrogen) atoms. The van der Waals surface area contributed by atoms with Gasteiger partial charge in [0.05, 0.1) is 16.2 Å². The number of hydrogen-bond donors (Lipinski definition) is 2. The molecular weight excluding hydrogens is 471 g/mol. The highest BCUT2D eigenvalue weighted by Gasteiger charge is 2.30. The number of anilines is 2. The van der Waals surface area contributed by atoms with Crippen LogP contribution >= 0.6 is 23.1 Å². The Hall–Kier alpha value is -3.52. The van der Waals surface area contributed by atoms with Gasteiger partial charge in [-0.25, -0.2) is 0 Å². The van der Waals surface area contributed by atoms with Crippen molar-refractivity contribution in [1.29, 1.82) is 0 Å². The van der Waals surface area contributed by atoms with Crippen LogP contribution in [0.3, 0.4) is 0 Å². The molecule has 0 fully saturated rings. The molecule has 14 heteroatoms. The zero-order chi connectivity index (χ0) is 23.3. The number of alkyl halides is 3. The lowest BCUT2D eigenvalue weighted by Gasteiger charge is -2.08. The second-order valence-corrected chi connectivity index (χ2v) is 8.24. The van der Waals surface area contributed by atoms with Gasteiger partial charge in [-0.05, 0) is 36.4 Å². The van der Waals surface area contributed by atoms with Crippen molar-refractivity contribution in [2.24, 2.45) is 0 Å². The van der Waals surface area contributed by atoms with Crippen molar-refractivity contribution in [1.82, 2.24) is 10.2 Å². The van der Waals surface area contributed by atoms with E-state index in [0.29, 0.717) is 4.34 Å². The number of rotatable bonds is 7. The van der Waals surface area contributed by atoms with E-state index in [1.54, 1.807) is 0 Å². The van der Waals surface area contributed by atoms with Crippen LogP contribution in [0.4, 0.5) is 29.7 Å². The highest BCUT2D eigenvalue weighted by molar-refractivity contribution is 8.01. The third-order valence-electron chi connectivity index (χ3n) is 3.79. The molecule has 166 valence electrons. The van der Waals surface area contributed by atoms with Crippen LogP contribution in [0, 0.1) is 10.1 Å². The fourth-order valence-corrected chi connectivity index (χ4v) is 3.84. The summed E-state index contributed by atoms with van der Waals surface area (Å²) in [6, 6.07) is 9.05. The van der Waals surface area contributed by atoms with Crippen molar-refractivity contribution in [2.45, 2.75) is 10.5 Å². The predicted molar refractivity (Wildman–Crippen MR) is 112 cm³/mol. The van der Waals surface area contributed by atoms with Crippen LogP contribution in [0.25, 0.3) is 0 Å². The summed E-state index contributed by atoms with van der Waals surface area (Å²) in [4.78, 5) is 34.2. The molecule has 3 aromatic rings. The first-order chi connectivity index (χ1) is 15.1. The number of non-ortho nitro benzene ring substituents is 1. The molecule has 0 unspecified atom stereocenters. The number of aromatic nitrogens is 2. The molecule has 2 amide bonds. The number of nitro benzene ring substituents is 1. The van der Waals surface area contributed by atoms with E-state index in [4.69, 9.17) is 0 Å². The quantitative estimate of drug-likeness (QED) is 0.220. The maximum Gasteiger partial charge on any atom is 0.416 e. The third-order valence-corrected chi connectivity index (χ3v) is 5.76. The molecule has 2 aromatic carbocycles. The Bertz CT molecular complexity index is 1130. The van der Waals surface area contributed by atoms with Crippen molar-refractivity contribution < 1.29 is 27.7 Å². The zero-order valence-corrected chi connectivity index (χ0v) is 17.4. The number of nitrogens with zero attached hydrogens (tertiary/aromatic N) is 3. The van der Waals surface area contributed by atoms with Gasteiger partial charge in [0.2, 0.25) is 11.0 Å². The maximum absolute atomic E-state index is 12.6. The van der Waals surface area contributed by atoms with E-state index < -0.39 is 28.5 Å². The van der Waals surface area contributed by atoms with E-state index in [2.05, 4.69) is 20.8 Å². The van der Waals surface area contributed by atoms with Gasteiger partial charge in [0, 0.05) is 23.4 Å². The summed E-state index contributed by atoms with van der Waals surface area (Å²) in [6.45, 7) is 0. The monoisotopic (exact) mass is 483 g/mol. The second kappa shape index (κ2) is 9.74. The third kappa shape index (κ3) is 6.24. The minimum Gasteiger partial charge on any atom is -0.325 e. The number of carbonyl (C=O) groups is 2. The van der Waals surface area contributed by atoms with Gasteiger partial charge in [-0.1, -0.05) is 23.1 Å². The summed E-state index contributed by atoms with van der Waals surface area (Å²) in [5, 5.41) is 23.4. The number of carbonyl (C=O) groups excluding carboxylic acids is 2. The van der Waals surface area contributed by atoms with Gasteiger partial charge >= 0.3 is 6.18 Å². The molecule has 0 aliphatic carbocycles. The molecule has 9 nitrogen and oxygen atoms in total. The Morgan fingerprint density at radius 1 is 1.03 bits per heavy atom. The summed E-state index contributed by atoms with van der Waals surface area (Å²) >= 11 is 2.04. The molecule has 0 radical (unpaired) electrons. The fraction of sp³-hybridized carbons (Fsp3) is 0.111. The first-order valence-corrected chi connectivity index (χ1v) is 10.4. The second-order valence-electron chi connectivity index (χ2n) is 6.04. The van der Waals surface area contributed by atoms with E-state index in [9.17, 15) is 32.9 Å². The zero-order valence-electron chi connectivity index (χ0n) is 15.8. The Morgan fingerprint density at radius 2 is 1.69 bits per heavy atom. The lowest BCUT2D eigenvalue weighted by atomic mass is 10.2. The van der Waals surface area contributed by atoms with Gasteiger partial charge in [0.15, 0.2) is 4.34 Å². The summed E-state index contributed by atoms with van der Waals surface area (Å²) in [5.74, 6) is -1.07. The Balaban J connectivity index is 1.50. The van der Waals surface area contributed by atoms with Crippen LogP contribution in [0.15, 0.2) is 52.9 Å². The van der Waals surface area contributed by atoms with Crippen molar-refractivity contribution >= 4 is 51.4 Å². The average Bonchev–Trinajstić information content (AvgIpc) is 3.19. The molecule has 0 spiro atoms. The minimum atomic E-state index is -4.46. The van der Waals surface area contributed by atoms with E-state index in [1.807, 2.05) is 0 Å². The molecule has 0 aliphatic rings. The molecule has 0 saturated carbocycles. The van der Waals surface area contributed by atoms with E-state index in [0.717, 1.165) is 47.4 Å². The molecule has 0 saturated heterocycles. The highest BCUT2D eigenvalue weighted by atomic mass is 32.2. The van der Waals surface area contributed by atoms with Crippen LogP contribution in [0.1, 0.15) is 15.9 Å². The average molecular weight is 483 g/mol. The minimum absolute atomic E-state index is 0.0774. The summed E-state index contributed by atoms with van der Waals surface area (Å²) in [5.41, 5.74) is -0.555. The van der Waals surface area contributed by atoms with Crippen molar-refractivity contribution in [3.63, 3.8) is 0 Å². The number of nitro groups is 1. The normalized spacial score (nSPS) is 11.1. The molecule has 3 rings (SSSR count). The number of halogens is 3. The smallest absolute Gasteiger partial charge is 0.325 e. The molecule has 1 heterocycles.